The number of rotatable bonds is 5. The summed E-state index contributed by atoms with van der Waals surface area (Å²) in [7, 11) is 1.67. The Bertz CT molecular complexity index is 77.5. The molecule has 0 atom stereocenters. The molecular formula is C6H13NOS. The lowest BCUT2D eigenvalue weighted by Gasteiger charge is -2.15. The summed E-state index contributed by atoms with van der Waals surface area (Å²) in [6, 6.07) is 0. The van der Waals surface area contributed by atoms with Crippen molar-refractivity contribution in [2.45, 2.75) is 0 Å². The maximum absolute atomic E-state index is 4.88. The number of nitrogens with zero attached hydrogens (tertiary/aromatic N) is 1. The van der Waals surface area contributed by atoms with Crippen molar-refractivity contribution in [3.63, 3.8) is 0 Å². The Labute approximate surface area is 61.9 Å². The summed E-state index contributed by atoms with van der Waals surface area (Å²) < 4.78 is 4.88. The third-order valence-corrected chi connectivity index (χ3v) is 1.30. The molecule has 0 aromatic rings. The van der Waals surface area contributed by atoms with Crippen molar-refractivity contribution in [3.8, 4) is 0 Å². The molecule has 0 N–H and O–H groups in total. The molecule has 3 heteroatoms. The summed E-state index contributed by atoms with van der Waals surface area (Å²) in [5.74, 6) is 0.708. The van der Waals surface area contributed by atoms with Crippen LogP contribution >= 0.6 is 12.6 Å². The summed E-state index contributed by atoms with van der Waals surface area (Å²) in [4.78, 5) is 2.01. The second kappa shape index (κ2) is 6.13. The smallest absolute Gasteiger partial charge is 0.0995 e. The molecule has 0 saturated carbocycles. The molecule has 0 aromatic heterocycles. The molecule has 9 heavy (non-hydrogen) atoms. The van der Waals surface area contributed by atoms with E-state index >= 15 is 0 Å². The van der Waals surface area contributed by atoms with Gasteiger partial charge in [0, 0.05) is 19.5 Å². The molecule has 0 rings (SSSR count). The van der Waals surface area contributed by atoms with Gasteiger partial charge >= 0.3 is 0 Å². The minimum Gasteiger partial charge on any atom is -0.369 e. The molecular weight excluding hydrogens is 134 g/mol. The van der Waals surface area contributed by atoms with E-state index in [9.17, 15) is 0 Å². The summed E-state index contributed by atoms with van der Waals surface area (Å²) in [6.45, 7) is 5.05. The van der Waals surface area contributed by atoms with Gasteiger partial charge in [0.2, 0.25) is 0 Å². The van der Waals surface area contributed by atoms with Crippen LogP contribution in [0, 0.1) is 0 Å². The van der Waals surface area contributed by atoms with Gasteiger partial charge in [-0.15, -0.1) is 6.58 Å². The fourth-order valence-corrected chi connectivity index (χ4v) is 0.714. The van der Waals surface area contributed by atoms with Crippen molar-refractivity contribution in [3.05, 3.63) is 12.7 Å². The van der Waals surface area contributed by atoms with Crippen LogP contribution in [0.1, 0.15) is 0 Å². The molecule has 0 unspecified atom stereocenters. The predicted octanol–water partition coefficient (Wildman–Crippen LogP) is 0.966. The number of ether oxygens (including phenoxy) is 1. The van der Waals surface area contributed by atoms with Gasteiger partial charge in [0.05, 0.1) is 6.73 Å². The predicted molar refractivity (Wildman–Crippen MR) is 42.6 cm³/mol. The van der Waals surface area contributed by atoms with E-state index in [1.807, 2.05) is 11.0 Å². The summed E-state index contributed by atoms with van der Waals surface area (Å²) in [5, 5.41) is 0. The van der Waals surface area contributed by atoms with E-state index < -0.39 is 0 Å². The van der Waals surface area contributed by atoms with Gasteiger partial charge in [-0.2, -0.15) is 12.6 Å². The lowest BCUT2D eigenvalue weighted by molar-refractivity contribution is 0.0858. The molecule has 0 aromatic carbocycles. The Morgan fingerprint density at radius 3 is 2.78 bits per heavy atom. The lowest BCUT2D eigenvalue weighted by atomic mass is 10.6. The first kappa shape index (κ1) is 9.01. The van der Waals surface area contributed by atoms with E-state index in [4.69, 9.17) is 4.74 Å². The van der Waals surface area contributed by atoms with Crippen LogP contribution < -0.4 is 0 Å². The van der Waals surface area contributed by atoms with Crippen LogP contribution in [-0.2, 0) is 4.74 Å². The van der Waals surface area contributed by atoms with Crippen LogP contribution in [0.4, 0.5) is 0 Å². The average molecular weight is 147 g/mol. The van der Waals surface area contributed by atoms with Crippen molar-refractivity contribution in [1.29, 1.82) is 0 Å². The zero-order valence-electron chi connectivity index (χ0n) is 5.71. The van der Waals surface area contributed by atoms with E-state index in [0.717, 1.165) is 6.54 Å². The Hall–Kier alpha value is 0.01000. The van der Waals surface area contributed by atoms with Crippen LogP contribution in [0.15, 0.2) is 12.7 Å². The zero-order chi connectivity index (χ0) is 7.11. The number of hydrogen-bond donors (Lipinski definition) is 1. The van der Waals surface area contributed by atoms with Gasteiger partial charge in [0.15, 0.2) is 0 Å². The van der Waals surface area contributed by atoms with Crippen molar-refractivity contribution in [2.24, 2.45) is 0 Å². The van der Waals surface area contributed by atoms with Crippen molar-refractivity contribution < 1.29 is 4.74 Å². The highest BCUT2D eigenvalue weighted by Gasteiger charge is 1.95. The highest BCUT2D eigenvalue weighted by molar-refractivity contribution is 7.80. The third kappa shape index (κ3) is 4.51. The molecule has 0 spiro atoms. The molecule has 0 radical (unpaired) electrons. The molecule has 0 aliphatic heterocycles. The molecule has 0 heterocycles. The maximum atomic E-state index is 4.88. The van der Waals surface area contributed by atoms with E-state index in [1.165, 1.54) is 0 Å². The SMILES string of the molecule is C=CCN(CS)COC. The highest BCUT2D eigenvalue weighted by atomic mass is 32.1. The normalized spacial score (nSPS) is 10.1. The zero-order valence-corrected chi connectivity index (χ0v) is 6.60. The van der Waals surface area contributed by atoms with Crippen LogP contribution in [-0.4, -0.2) is 31.2 Å². The van der Waals surface area contributed by atoms with Crippen molar-refractivity contribution >= 4 is 12.6 Å². The second-order valence-electron chi connectivity index (χ2n) is 1.70. The third-order valence-electron chi connectivity index (χ3n) is 0.899. The standard InChI is InChI=1S/C6H13NOS/c1-3-4-7(6-9)5-8-2/h3,9H,1,4-6H2,2H3. The van der Waals surface area contributed by atoms with E-state index in [2.05, 4.69) is 19.2 Å². The Morgan fingerprint density at radius 2 is 2.44 bits per heavy atom. The Morgan fingerprint density at radius 1 is 1.78 bits per heavy atom. The first-order valence-electron chi connectivity index (χ1n) is 2.78. The molecule has 2 nitrogen and oxygen atoms in total. The fourth-order valence-electron chi connectivity index (χ4n) is 0.516. The van der Waals surface area contributed by atoms with E-state index in [-0.39, 0.29) is 0 Å². The first-order chi connectivity index (χ1) is 4.35. The molecule has 0 saturated heterocycles. The topological polar surface area (TPSA) is 12.5 Å². The molecule has 0 amide bonds. The summed E-state index contributed by atoms with van der Waals surface area (Å²) >= 11 is 4.08. The minimum absolute atomic E-state index is 0.621. The largest absolute Gasteiger partial charge is 0.369 e. The number of hydrogen-bond acceptors (Lipinski definition) is 3. The van der Waals surface area contributed by atoms with Gasteiger partial charge in [-0.1, -0.05) is 6.08 Å². The quantitative estimate of drug-likeness (QED) is 0.353. The molecule has 0 aliphatic rings. The second-order valence-corrected chi connectivity index (χ2v) is 1.98. The molecule has 0 fully saturated rings. The van der Waals surface area contributed by atoms with E-state index in [0.29, 0.717) is 12.6 Å². The fraction of sp³-hybridized carbons (Fsp3) is 0.667. The van der Waals surface area contributed by atoms with Gasteiger partial charge in [-0.3, -0.25) is 4.90 Å². The summed E-state index contributed by atoms with van der Waals surface area (Å²) in [5.41, 5.74) is 0. The average Bonchev–Trinajstić information content (AvgIpc) is 1.88. The van der Waals surface area contributed by atoms with Gasteiger partial charge in [-0.05, 0) is 0 Å². The Kier molecular flexibility index (Phi) is 6.14. The van der Waals surface area contributed by atoms with Gasteiger partial charge in [-0.25, -0.2) is 0 Å². The molecule has 0 bridgehead atoms. The number of methoxy groups -OCH3 is 1. The molecule has 0 aliphatic carbocycles. The molecule has 54 valence electrons. The van der Waals surface area contributed by atoms with Crippen molar-refractivity contribution in [1.82, 2.24) is 4.90 Å². The number of thiol groups is 1. The highest BCUT2D eigenvalue weighted by Crippen LogP contribution is 1.89. The van der Waals surface area contributed by atoms with Crippen LogP contribution in [0.5, 0.6) is 0 Å². The minimum atomic E-state index is 0.621. The van der Waals surface area contributed by atoms with Crippen LogP contribution in [0.2, 0.25) is 0 Å². The lowest BCUT2D eigenvalue weighted by Crippen LogP contribution is -2.24. The van der Waals surface area contributed by atoms with Gasteiger partial charge < -0.3 is 4.74 Å². The van der Waals surface area contributed by atoms with E-state index in [1.54, 1.807) is 7.11 Å². The van der Waals surface area contributed by atoms with Crippen molar-refractivity contribution in [2.75, 3.05) is 26.3 Å². The maximum Gasteiger partial charge on any atom is 0.0995 e. The van der Waals surface area contributed by atoms with Crippen LogP contribution in [0.25, 0.3) is 0 Å². The first-order valence-corrected chi connectivity index (χ1v) is 3.41. The van der Waals surface area contributed by atoms with Gasteiger partial charge in [0.25, 0.3) is 0 Å². The monoisotopic (exact) mass is 147 g/mol. The summed E-state index contributed by atoms with van der Waals surface area (Å²) in [6.07, 6.45) is 1.83. The Balaban J connectivity index is 3.28. The van der Waals surface area contributed by atoms with Crippen LogP contribution in [0.3, 0.4) is 0 Å². The van der Waals surface area contributed by atoms with Gasteiger partial charge in [0.1, 0.15) is 0 Å².